The van der Waals surface area contributed by atoms with Gasteiger partial charge in [0.15, 0.2) is 0 Å². The van der Waals surface area contributed by atoms with Crippen LogP contribution in [0.15, 0.2) is 35.3 Å². The summed E-state index contributed by atoms with van der Waals surface area (Å²) in [6, 6.07) is 4.48. The van der Waals surface area contributed by atoms with Crippen molar-refractivity contribution in [1.29, 1.82) is 5.26 Å². The predicted octanol–water partition coefficient (Wildman–Crippen LogP) is 4.11. The van der Waals surface area contributed by atoms with Crippen LogP contribution in [0.5, 0.6) is 0 Å². The average Bonchev–Trinajstić information content (AvgIpc) is 2.85. The third-order valence-corrected chi connectivity index (χ3v) is 4.10. The normalized spacial score (nSPS) is 14.2. The quantitative estimate of drug-likeness (QED) is 0.728. The van der Waals surface area contributed by atoms with Gasteiger partial charge in [0.05, 0.1) is 5.56 Å². The minimum absolute atomic E-state index is 0.368. The van der Waals surface area contributed by atoms with Gasteiger partial charge in [-0.15, -0.1) is 11.8 Å². The number of allylic oxidation sites excluding steroid dienone is 4. The molecule has 0 aromatic heterocycles. The van der Waals surface area contributed by atoms with Gasteiger partial charge in [-0.3, -0.25) is 0 Å². The highest BCUT2D eigenvalue weighted by Gasteiger charge is 2.16. The van der Waals surface area contributed by atoms with Crippen LogP contribution in [-0.4, -0.2) is 6.26 Å². The molecule has 0 radical (unpaired) electrons. The molecule has 0 unspecified atom stereocenters. The zero-order valence-corrected chi connectivity index (χ0v) is 11.1. The molecule has 1 aromatic carbocycles. The lowest BCUT2D eigenvalue weighted by atomic mass is 9.91. The fourth-order valence-corrected chi connectivity index (χ4v) is 2.84. The first kappa shape index (κ1) is 12.0. The molecular formula is C15H15NS. The van der Waals surface area contributed by atoms with Crippen LogP contribution in [0.25, 0.3) is 0 Å². The number of nitrogens with zero attached hydrogens (tertiary/aromatic N) is 1. The van der Waals surface area contributed by atoms with Gasteiger partial charge in [0.2, 0.25) is 0 Å². The molecule has 0 spiro atoms. The summed E-state index contributed by atoms with van der Waals surface area (Å²) < 4.78 is 0. The van der Waals surface area contributed by atoms with E-state index < -0.39 is 0 Å². The van der Waals surface area contributed by atoms with Gasteiger partial charge in [0.25, 0.3) is 0 Å². The molecule has 0 bridgehead atoms. The van der Waals surface area contributed by atoms with E-state index in [1.807, 2.05) is 13.2 Å². The van der Waals surface area contributed by atoms with E-state index in [1.54, 1.807) is 11.8 Å². The fraction of sp³-hybridized carbons (Fsp3) is 0.267. The van der Waals surface area contributed by atoms with E-state index in [4.69, 9.17) is 0 Å². The molecule has 1 nitrogen and oxygen atoms in total. The van der Waals surface area contributed by atoms with Crippen LogP contribution in [0.4, 0.5) is 0 Å². The van der Waals surface area contributed by atoms with Crippen molar-refractivity contribution in [3.05, 3.63) is 52.6 Å². The number of benzene rings is 1. The molecule has 0 atom stereocenters. The Morgan fingerprint density at radius 3 is 2.35 bits per heavy atom. The Hall–Kier alpha value is -1.46. The molecule has 0 amide bonds. The zero-order valence-electron chi connectivity index (χ0n) is 10.3. The van der Waals surface area contributed by atoms with Gasteiger partial charge < -0.3 is 0 Å². The number of hydrogen-bond donors (Lipinski definition) is 0. The van der Waals surface area contributed by atoms with Crippen LogP contribution in [0.2, 0.25) is 0 Å². The van der Waals surface area contributed by atoms with E-state index >= 15 is 0 Å². The molecule has 0 heterocycles. The topological polar surface area (TPSA) is 23.8 Å². The SMILES string of the molecule is CSc1cc(C2C=CC=C2)c(C)c(C)c1C#N. The summed E-state index contributed by atoms with van der Waals surface area (Å²) in [5.74, 6) is 0.368. The Kier molecular flexibility index (Phi) is 3.40. The number of thioether (sulfide) groups is 1. The van der Waals surface area contributed by atoms with Crippen molar-refractivity contribution < 1.29 is 0 Å². The summed E-state index contributed by atoms with van der Waals surface area (Å²) in [5, 5.41) is 9.22. The smallest absolute Gasteiger partial charge is 0.101 e. The van der Waals surface area contributed by atoms with Crippen molar-refractivity contribution in [2.45, 2.75) is 24.7 Å². The third kappa shape index (κ3) is 2.03. The van der Waals surface area contributed by atoms with Crippen LogP contribution in [0.3, 0.4) is 0 Å². The highest BCUT2D eigenvalue weighted by atomic mass is 32.2. The van der Waals surface area contributed by atoms with Gasteiger partial charge in [-0.05, 0) is 42.9 Å². The Morgan fingerprint density at radius 1 is 1.18 bits per heavy atom. The van der Waals surface area contributed by atoms with Crippen molar-refractivity contribution in [3.8, 4) is 6.07 Å². The molecule has 0 saturated heterocycles. The first-order valence-corrected chi connectivity index (χ1v) is 6.84. The van der Waals surface area contributed by atoms with Crippen LogP contribution in [0, 0.1) is 25.2 Å². The Labute approximate surface area is 107 Å². The van der Waals surface area contributed by atoms with E-state index in [-0.39, 0.29) is 0 Å². The molecule has 1 aromatic rings. The third-order valence-electron chi connectivity index (χ3n) is 3.34. The summed E-state index contributed by atoms with van der Waals surface area (Å²) in [5.41, 5.74) is 4.49. The molecule has 2 heteroatoms. The fourth-order valence-electron chi connectivity index (χ4n) is 2.20. The van der Waals surface area contributed by atoms with Gasteiger partial charge in [-0.2, -0.15) is 5.26 Å². The second-order valence-electron chi connectivity index (χ2n) is 4.20. The molecule has 0 saturated carbocycles. The Balaban J connectivity index is 2.62. The number of rotatable bonds is 2. The molecule has 17 heavy (non-hydrogen) atoms. The lowest BCUT2D eigenvalue weighted by Crippen LogP contribution is -2.00. The van der Waals surface area contributed by atoms with Crippen molar-refractivity contribution in [3.63, 3.8) is 0 Å². The predicted molar refractivity (Wildman–Crippen MR) is 73.4 cm³/mol. The summed E-state index contributed by atoms with van der Waals surface area (Å²) in [4.78, 5) is 1.08. The zero-order chi connectivity index (χ0) is 12.4. The van der Waals surface area contributed by atoms with Crippen molar-refractivity contribution in [1.82, 2.24) is 0 Å². The van der Waals surface area contributed by atoms with Crippen LogP contribution < -0.4 is 0 Å². The summed E-state index contributed by atoms with van der Waals surface area (Å²) in [6.07, 6.45) is 10.6. The Bertz CT molecular complexity index is 535. The highest BCUT2D eigenvalue weighted by Crippen LogP contribution is 2.34. The van der Waals surface area contributed by atoms with Crippen LogP contribution in [-0.2, 0) is 0 Å². The highest BCUT2D eigenvalue weighted by molar-refractivity contribution is 7.98. The monoisotopic (exact) mass is 241 g/mol. The molecule has 0 aliphatic heterocycles. The summed E-state index contributed by atoms with van der Waals surface area (Å²) >= 11 is 1.65. The first-order valence-electron chi connectivity index (χ1n) is 5.62. The van der Waals surface area contributed by atoms with Gasteiger partial charge in [0, 0.05) is 10.8 Å². The maximum Gasteiger partial charge on any atom is 0.101 e. The summed E-state index contributed by atoms with van der Waals surface area (Å²) in [6.45, 7) is 4.15. The molecule has 86 valence electrons. The maximum absolute atomic E-state index is 9.22. The molecule has 0 fully saturated rings. The maximum atomic E-state index is 9.22. The average molecular weight is 241 g/mol. The first-order chi connectivity index (χ1) is 8.19. The summed E-state index contributed by atoms with van der Waals surface area (Å²) in [7, 11) is 0. The molecular weight excluding hydrogens is 226 g/mol. The largest absolute Gasteiger partial charge is 0.192 e. The lowest BCUT2D eigenvalue weighted by molar-refractivity contribution is 1.04. The van der Waals surface area contributed by atoms with Crippen LogP contribution in [0.1, 0.15) is 28.2 Å². The molecule has 1 aliphatic rings. The van der Waals surface area contributed by atoms with E-state index in [1.165, 1.54) is 11.1 Å². The number of hydrogen-bond acceptors (Lipinski definition) is 2. The minimum atomic E-state index is 0.368. The number of nitriles is 1. The van der Waals surface area contributed by atoms with Crippen molar-refractivity contribution in [2.75, 3.05) is 6.26 Å². The van der Waals surface area contributed by atoms with Gasteiger partial charge >= 0.3 is 0 Å². The molecule has 2 rings (SSSR count). The Morgan fingerprint density at radius 2 is 1.82 bits per heavy atom. The van der Waals surface area contributed by atoms with E-state index in [0.29, 0.717) is 5.92 Å². The van der Waals surface area contributed by atoms with Gasteiger partial charge in [-0.1, -0.05) is 24.3 Å². The van der Waals surface area contributed by atoms with Crippen LogP contribution >= 0.6 is 11.8 Å². The lowest BCUT2D eigenvalue weighted by Gasteiger charge is -2.16. The van der Waals surface area contributed by atoms with Crippen molar-refractivity contribution >= 4 is 11.8 Å². The van der Waals surface area contributed by atoms with Gasteiger partial charge in [-0.25, -0.2) is 0 Å². The minimum Gasteiger partial charge on any atom is -0.192 e. The second kappa shape index (κ2) is 4.81. The van der Waals surface area contributed by atoms with E-state index in [2.05, 4.69) is 43.4 Å². The molecule has 0 N–H and O–H groups in total. The van der Waals surface area contributed by atoms with Gasteiger partial charge in [0.1, 0.15) is 6.07 Å². The van der Waals surface area contributed by atoms with E-state index in [0.717, 1.165) is 16.0 Å². The van der Waals surface area contributed by atoms with Crippen molar-refractivity contribution in [2.24, 2.45) is 0 Å². The standard InChI is InChI=1S/C15H15NS/c1-10-11(2)14(9-16)15(17-3)8-13(10)12-6-4-5-7-12/h4-8,12H,1-3H3. The van der Waals surface area contributed by atoms with E-state index in [9.17, 15) is 5.26 Å². The second-order valence-corrected chi connectivity index (χ2v) is 5.05. The molecule has 1 aliphatic carbocycles.